The molecule has 7 heteroatoms. The van der Waals surface area contributed by atoms with Gasteiger partial charge in [-0.05, 0) is 111 Å². The van der Waals surface area contributed by atoms with Gasteiger partial charge in [-0.3, -0.25) is 9.78 Å². The number of nitrogens with zero attached hydrogens (tertiary/aromatic N) is 2. The molecule has 37 heavy (non-hydrogen) atoms. The van der Waals surface area contributed by atoms with Gasteiger partial charge in [-0.1, -0.05) is 23.7 Å². The van der Waals surface area contributed by atoms with Crippen LogP contribution in [0.25, 0.3) is 10.9 Å². The number of aromatic nitrogens is 1. The van der Waals surface area contributed by atoms with E-state index >= 15 is 0 Å². The molecule has 2 unspecified atom stereocenters. The van der Waals surface area contributed by atoms with Crippen molar-refractivity contribution in [3.63, 3.8) is 0 Å². The molecule has 3 atom stereocenters. The van der Waals surface area contributed by atoms with Crippen LogP contribution in [0, 0.1) is 11.8 Å². The van der Waals surface area contributed by atoms with Gasteiger partial charge in [-0.2, -0.15) is 0 Å². The monoisotopic (exact) mass is 524 g/mol. The van der Waals surface area contributed by atoms with Crippen LogP contribution in [0.15, 0.2) is 54.7 Å². The molecule has 0 radical (unpaired) electrons. The SMILES string of the molecule is COc1ccc2nccc([C@@H](O)CCC3CCN(CCCc4ccc(Cl)cc4)CC3CCC(=O)O)c2c1. The number of hydrogen-bond acceptors (Lipinski definition) is 5. The number of rotatable bonds is 12. The van der Waals surface area contributed by atoms with Crippen LogP contribution in [-0.2, 0) is 11.2 Å². The minimum absolute atomic E-state index is 0.192. The van der Waals surface area contributed by atoms with Crippen LogP contribution in [0.2, 0.25) is 5.02 Å². The van der Waals surface area contributed by atoms with E-state index < -0.39 is 12.1 Å². The van der Waals surface area contributed by atoms with Crippen molar-refractivity contribution in [2.75, 3.05) is 26.7 Å². The van der Waals surface area contributed by atoms with Crippen LogP contribution in [0.5, 0.6) is 5.75 Å². The van der Waals surface area contributed by atoms with Crippen molar-refractivity contribution < 1.29 is 19.7 Å². The summed E-state index contributed by atoms with van der Waals surface area (Å²) in [6, 6.07) is 15.6. The Labute approximate surface area is 224 Å². The van der Waals surface area contributed by atoms with Crippen LogP contribution in [0.1, 0.15) is 55.8 Å². The van der Waals surface area contributed by atoms with Crippen LogP contribution < -0.4 is 4.74 Å². The quantitative estimate of drug-likeness (QED) is 0.296. The molecule has 1 aliphatic heterocycles. The number of methoxy groups -OCH3 is 1. The number of aliphatic carboxylic acids is 1. The molecule has 1 aliphatic rings. The van der Waals surface area contributed by atoms with E-state index in [4.69, 9.17) is 16.3 Å². The summed E-state index contributed by atoms with van der Waals surface area (Å²) >= 11 is 5.99. The highest BCUT2D eigenvalue weighted by atomic mass is 35.5. The molecule has 0 bridgehead atoms. The van der Waals surface area contributed by atoms with Crippen LogP contribution in [0.3, 0.4) is 0 Å². The molecule has 3 aromatic rings. The van der Waals surface area contributed by atoms with Gasteiger partial charge in [0.15, 0.2) is 0 Å². The number of halogens is 1. The number of piperidine rings is 1. The molecule has 6 nitrogen and oxygen atoms in total. The summed E-state index contributed by atoms with van der Waals surface area (Å²) in [5.74, 6) is 0.730. The van der Waals surface area contributed by atoms with Gasteiger partial charge in [0.25, 0.3) is 0 Å². The fourth-order valence-corrected chi connectivity index (χ4v) is 5.75. The molecule has 0 aliphatic carbocycles. The Hall–Kier alpha value is -2.67. The Morgan fingerprint density at radius 3 is 2.73 bits per heavy atom. The molecule has 4 rings (SSSR count). The third kappa shape index (κ3) is 7.67. The summed E-state index contributed by atoms with van der Waals surface area (Å²) in [6.45, 7) is 2.94. The van der Waals surface area contributed by atoms with E-state index in [1.54, 1.807) is 13.3 Å². The summed E-state index contributed by atoms with van der Waals surface area (Å²) in [5, 5.41) is 22.1. The number of benzene rings is 2. The van der Waals surface area contributed by atoms with Crippen LogP contribution in [0.4, 0.5) is 0 Å². The minimum atomic E-state index is -0.740. The smallest absolute Gasteiger partial charge is 0.303 e. The van der Waals surface area contributed by atoms with Gasteiger partial charge in [0.2, 0.25) is 0 Å². The molecule has 2 heterocycles. The first-order valence-electron chi connectivity index (χ1n) is 13.2. The molecule has 1 fully saturated rings. The second kappa shape index (κ2) is 13.2. The van der Waals surface area contributed by atoms with Gasteiger partial charge >= 0.3 is 5.97 Å². The number of carboxylic acids is 1. The number of ether oxygens (including phenoxy) is 1. The maximum absolute atomic E-state index is 11.3. The highest BCUT2D eigenvalue weighted by Crippen LogP contribution is 2.35. The van der Waals surface area contributed by atoms with E-state index in [1.807, 2.05) is 36.4 Å². The van der Waals surface area contributed by atoms with Gasteiger partial charge in [0, 0.05) is 29.6 Å². The fourth-order valence-electron chi connectivity index (χ4n) is 5.62. The molecule has 1 saturated heterocycles. The average molecular weight is 525 g/mol. The Kier molecular flexibility index (Phi) is 9.78. The van der Waals surface area contributed by atoms with Gasteiger partial charge < -0.3 is 19.8 Å². The summed E-state index contributed by atoms with van der Waals surface area (Å²) in [5.41, 5.74) is 2.99. The predicted octanol–water partition coefficient (Wildman–Crippen LogP) is 6.15. The first-order valence-corrected chi connectivity index (χ1v) is 13.6. The number of aliphatic hydroxyl groups excluding tert-OH is 1. The summed E-state index contributed by atoms with van der Waals surface area (Å²) in [7, 11) is 1.63. The number of aliphatic hydroxyl groups is 1. The molecule has 0 saturated carbocycles. The van der Waals surface area contributed by atoms with Gasteiger partial charge in [0.05, 0.1) is 18.7 Å². The van der Waals surface area contributed by atoms with Gasteiger partial charge in [-0.25, -0.2) is 0 Å². The summed E-state index contributed by atoms with van der Waals surface area (Å²) in [6.07, 6.45) is 6.63. The number of aryl methyl sites for hydroxylation is 1. The van der Waals surface area contributed by atoms with Crippen LogP contribution >= 0.6 is 11.6 Å². The van der Waals surface area contributed by atoms with Gasteiger partial charge in [-0.15, -0.1) is 0 Å². The van der Waals surface area contributed by atoms with E-state index in [9.17, 15) is 15.0 Å². The Bertz CT molecular complexity index is 1170. The predicted molar refractivity (Wildman–Crippen MR) is 147 cm³/mol. The second-order valence-electron chi connectivity index (χ2n) is 10.1. The number of pyridine rings is 1. The molecular weight excluding hydrogens is 488 g/mol. The van der Waals surface area contributed by atoms with E-state index in [2.05, 4.69) is 22.0 Å². The first kappa shape index (κ1) is 27.4. The van der Waals surface area contributed by atoms with Crippen molar-refractivity contribution in [3.05, 3.63) is 70.9 Å². The molecule has 2 aromatic carbocycles. The van der Waals surface area contributed by atoms with E-state index in [-0.39, 0.29) is 6.42 Å². The van der Waals surface area contributed by atoms with E-state index in [1.165, 1.54) is 5.56 Å². The van der Waals surface area contributed by atoms with E-state index in [0.717, 1.165) is 72.6 Å². The molecule has 1 aromatic heterocycles. The first-order chi connectivity index (χ1) is 17.9. The lowest BCUT2D eigenvalue weighted by atomic mass is 9.79. The molecular formula is C30H37ClN2O4. The lowest BCUT2D eigenvalue weighted by molar-refractivity contribution is -0.137. The number of carbonyl (C=O) groups is 1. The van der Waals surface area contributed by atoms with Crippen molar-refractivity contribution >= 4 is 28.5 Å². The summed E-state index contributed by atoms with van der Waals surface area (Å²) in [4.78, 5) is 18.2. The zero-order chi connectivity index (χ0) is 26.2. The lowest BCUT2D eigenvalue weighted by Gasteiger charge is -2.39. The average Bonchev–Trinajstić information content (AvgIpc) is 2.91. The number of hydrogen-bond donors (Lipinski definition) is 2. The van der Waals surface area contributed by atoms with Crippen molar-refractivity contribution in [2.24, 2.45) is 11.8 Å². The molecule has 0 spiro atoms. The number of likely N-dealkylation sites (tertiary alicyclic amines) is 1. The highest BCUT2D eigenvalue weighted by molar-refractivity contribution is 6.30. The molecule has 198 valence electrons. The topological polar surface area (TPSA) is 82.9 Å². The third-order valence-corrected chi connectivity index (χ3v) is 7.96. The summed E-state index contributed by atoms with van der Waals surface area (Å²) < 4.78 is 5.37. The Morgan fingerprint density at radius 2 is 1.97 bits per heavy atom. The van der Waals surface area contributed by atoms with Crippen molar-refractivity contribution in [2.45, 2.75) is 51.0 Å². The third-order valence-electron chi connectivity index (χ3n) is 7.71. The maximum Gasteiger partial charge on any atom is 0.303 e. The zero-order valence-corrected chi connectivity index (χ0v) is 22.2. The zero-order valence-electron chi connectivity index (χ0n) is 21.5. The normalized spacial score (nSPS) is 19.1. The van der Waals surface area contributed by atoms with Crippen LogP contribution in [-0.4, -0.2) is 52.8 Å². The maximum atomic E-state index is 11.3. The largest absolute Gasteiger partial charge is 0.497 e. The van der Waals surface area contributed by atoms with Crippen molar-refractivity contribution in [1.82, 2.24) is 9.88 Å². The highest BCUT2D eigenvalue weighted by Gasteiger charge is 2.30. The second-order valence-corrected chi connectivity index (χ2v) is 10.6. The van der Waals surface area contributed by atoms with Crippen molar-refractivity contribution in [1.29, 1.82) is 0 Å². The fraction of sp³-hybridized carbons (Fsp3) is 0.467. The molecule has 0 amide bonds. The lowest BCUT2D eigenvalue weighted by Crippen LogP contribution is -2.41. The number of carboxylic acid groups (broad SMARTS) is 1. The number of fused-ring (bicyclic) bond motifs is 1. The Balaban J connectivity index is 1.34. The standard InChI is InChI=1S/C30H37ClN2O4/c1-37-25-10-11-28-27(19-25)26(14-16-32-28)29(34)12-6-22-15-18-33(20-23(22)7-13-30(35)36)17-2-3-21-4-8-24(31)9-5-21/h4-5,8-11,14,16,19,22-23,29,34H,2-3,6-7,12-13,15,17-18,20H2,1H3,(H,35,36)/t22?,23?,29-/m0/s1. The molecule has 2 N–H and O–H groups in total. The van der Waals surface area contributed by atoms with Crippen molar-refractivity contribution in [3.8, 4) is 5.75 Å². The minimum Gasteiger partial charge on any atom is -0.497 e. The van der Waals surface area contributed by atoms with Gasteiger partial charge in [0.1, 0.15) is 5.75 Å². The Morgan fingerprint density at radius 1 is 1.16 bits per heavy atom. The van der Waals surface area contributed by atoms with E-state index in [0.29, 0.717) is 24.7 Å².